The van der Waals surface area contributed by atoms with Gasteiger partial charge < -0.3 is 10.2 Å². The molecule has 2 aliphatic rings. The molecule has 0 bridgehead atoms. The fourth-order valence-electron chi connectivity index (χ4n) is 8.72. The van der Waals surface area contributed by atoms with Crippen LogP contribution in [0.5, 0.6) is 11.5 Å². The molecule has 46 heavy (non-hydrogen) atoms. The Balaban J connectivity index is 1.24. The molecule has 0 radical (unpaired) electrons. The Kier molecular flexibility index (Phi) is 9.12. The first kappa shape index (κ1) is 32.4. The first-order chi connectivity index (χ1) is 22.0. The zero-order valence-electron chi connectivity index (χ0n) is 29.0. The highest BCUT2D eigenvalue weighted by Gasteiger charge is 2.30. The van der Waals surface area contributed by atoms with Crippen LogP contribution in [0.25, 0.3) is 11.1 Å². The summed E-state index contributed by atoms with van der Waals surface area (Å²) in [7, 11) is 0. The summed E-state index contributed by atoms with van der Waals surface area (Å²) >= 11 is 0. The van der Waals surface area contributed by atoms with Crippen LogP contribution >= 0.6 is 0 Å². The van der Waals surface area contributed by atoms with E-state index in [1.54, 1.807) is 0 Å². The van der Waals surface area contributed by atoms with E-state index in [1.807, 2.05) is 12.1 Å². The van der Waals surface area contributed by atoms with Gasteiger partial charge in [0.1, 0.15) is 11.5 Å². The topological polar surface area (TPSA) is 40.5 Å². The van der Waals surface area contributed by atoms with Crippen LogP contribution < -0.4 is 0 Å². The second kappa shape index (κ2) is 12.9. The van der Waals surface area contributed by atoms with E-state index in [2.05, 4.69) is 102 Å². The van der Waals surface area contributed by atoms with Crippen molar-refractivity contribution in [3.05, 3.63) is 117 Å². The third-order valence-electron chi connectivity index (χ3n) is 11.7. The molecule has 6 rings (SSSR count). The van der Waals surface area contributed by atoms with Crippen LogP contribution in [0, 0.1) is 13.8 Å². The average molecular weight is 615 g/mol. The highest BCUT2D eigenvalue weighted by atomic mass is 16.3. The molecule has 2 heteroatoms. The number of aryl methyl sites for hydroxylation is 2. The molecule has 0 spiro atoms. The van der Waals surface area contributed by atoms with Gasteiger partial charge in [-0.25, -0.2) is 0 Å². The zero-order chi connectivity index (χ0) is 32.6. The van der Waals surface area contributed by atoms with Crippen molar-refractivity contribution in [2.75, 3.05) is 0 Å². The molecular weight excluding hydrogens is 560 g/mol. The summed E-state index contributed by atoms with van der Waals surface area (Å²) in [5.74, 6) is 1.87. The van der Waals surface area contributed by atoms with Crippen LogP contribution in [0.1, 0.15) is 148 Å². The second-order valence-corrected chi connectivity index (χ2v) is 15.5. The van der Waals surface area contributed by atoms with Crippen molar-refractivity contribution < 1.29 is 10.2 Å². The van der Waals surface area contributed by atoms with E-state index in [9.17, 15) is 10.2 Å². The van der Waals surface area contributed by atoms with Crippen molar-refractivity contribution in [2.24, 2.45) is 0 Å². The van der Waals surface area contributed by atoms with Crippen molar-refractivity contribution in [3.8, 4) is 22.6 Å². The standard InChI is InChI=1S/C44H54O2/c1-29-25-41(45)37(33-13-9-7-10-14-33)27-39(29)43(3,4)35-21-17-31(18-22-35)32-19-23-36(24-20-32)44(5,6)40-28-38(42(46)26-30(40)2)34-15-11-8-12-16-34/h17-28,33-34,45-46H,7-16H2,1-6H3. The van der Waals surface area contributed by atoms with Gasteiger partial charge in [0.25, 0.3) is 0 Å². The molecule has 0 heterocycles. The fraction of sp³-hybridized carbons (Fsp3) is 0.455. The molecule has 4 aromatic carbocycles. The second-order valence-electron chi connectivity index (χ2n) is 15.5. The van der Waals surface area contributed by atoms with Crippen molar-refractivity contribution in [1.29, 1.82) is 0 Å². The average Bonchev–Trinajstić information content (AvgIpc) is 3.05. The maximum absolute atomic E-state index is 10.9. The first-order valence-electron chi connectivity index (χ1n) is 17.9. The van der Waals surface area contributed by atoms with Gasteiger partial charge in [-0.15, -0.1) is 0 Å². The quantitative estimate of drug-likeness (QED) is 0.217. The lowest BCUT2D eigenvalue weighted by Crippen LogP contribution is -2.21. The maximum atomic E-state index is 10.9. The lowest BCUT2D eigenvalue weighted by Gasteiger charge is -2.31. The lowest BCUT2D eigenvalue weighted by molar-refractivity contribution is 0.412. The Hall–Kier alpha value is -3.52. The van der Waals surface area contributed by atoms with Gasteiger partial charge in [0.05, 0.1) is 0 Å². The first-order valence-corrected chi connectivity index (χ1v) is 17.9. The Morgan fingerprint density at radius 3 is 1.13 bits per heavy atom. The highest BCUT2D eigenvalue weighted by Crippen LogP contribution is 2.44. The number of hydrogen-bond acceptors (Lipinski definition) is 2. The summed E-state index contributed by atoms with van der Waals surface area (Å²) < 4.78 is 0. The van der Waals surface area contributed by atoms with Gasteiger partial charge in [-0.05, 0) is 119 Å². The molecule has 2 aliphatic carbocycles. The molecule has 0 aliphatic heterocycles. The molecule has 2 saturated carbocycles. The fourth-order valence-corrected chi connectivity index (χ4v) is 8.72. The van der Waals surface area contributed by atoms with Crippen molar-refractivity contribution in [1.82, 2.24) is 0 Å². The van der Waals surface area contributed by atoms with E-state index >= 15 is 0 Å². The number of benzene rings is 4. The van der Waals surface area contributed by atoms with Crippen molar-refractivity contribution in [3.63, 3.8) is 0 Å². The Bertz CT molecular complexity index is 1530. The Morgan fingerprint density at radius 1 is 0.478 bits per heavy atom. The van der Waals surface area contributed by atoms with E-state index in [1.165, 1.54) is 97.6 Å². The smallest absolute Gasteiger partial charge is 0.119 e. The maximum Gasteiger partial charge on any atom is 0.119 e. The third-order valence-corrected chi connectivity index (χ3v) is 11.7. The highest BCUT2D eigenvalue weighted by molar-refractivity contribution is 5.65. The molecule has 0 atom stereocenters. The van der Waals surface area contributed by atoms with Gasteiger partial charge in [-0.2, -0.15) is 0 Å². The van der Waals surface area contributed by atoms with Crippen molar-refractivity contribution in [2.45, 2.75) is 128 Å². The zero-order valence-corrected chi connectivity index (χ0v) is 29.0. The minimum absolute atomic E-state index is 0.175. The number of hydrogen-bond donors (Lipinski definition) is 2. The minimum atomic E-state index is -0.175. The Morgan fingerprint density at radius 2 is 0.804 bits per heavy atom. The monoisotopic (exact) mass is 614 g/mol. The van der Waals surface area contributed by atoms with E-state index in [-0.39, 0.29) is 10.8 Å². The van der Waals surface area contributed by atoms with Crippen LogP contribution in [-0.4, -0.2) is 10.2 Å². The van der Waals surface area contributed by atoms with Crippen LogP contribution in [0.3, 0.4) is 0 Å². The number of rotatable bonds is 7. The summed E-state index contributed by atoms with van der Waals surface area (Å²) in [4.78, 5) is 0. The van der Waals surface area contributed by atoms with Gasteiger partial charge in [0.2, 0.25) is 0 Å². The molecule has 0 unspecified atom stereocenters. The van der Waals surface area contributed by atoms with Gasteiger partial charge in [0, 0.05) is 10.8 Å². The molecule has 4 aromatic rings. The number of phenols is 2. The summed E-state index contributed by atoms with van der Waals surface area (Å²) in [6.45, 7) is 13.5. The summed E-state index contributed by atoms with van der Waals surface area (Å²) in [5.41, 5.74) is 11.9. The largest absolute Gasteiger partial charge is 0.508 e. The van der Waals surface area contributed by atoms with Gasteiger partial charge >= 0.3 is 0 Å². The molecule has 0 saturated heterocycles. The normalized spacial score (nSPS) is 16.9. The molecule has 2 fully saturated rings. The number of aromatic hydroxyl groups is 2. The van der Waals surface area contributed by atoms with E-state index in [4.69, 9.17) is 0 Å². The van der Waals surface area contributed by atoms with E-state index in [0.29, 0.717) is 23.3 Å². The van der Waals surface area contributed by atoms with Crippen LogP contribution in [-0.2, 0) is 10.8 Å². The Labute approximate surface area is 277 Å². The van der Waals surface area contributed by atoms with Gasteiger partial charge in [-0.3, -0.25) is 0 Å². The van der Waals surface area contributed by atoms with Gasteiger partial charge in [-0.1, -0.05) is 127 Å². The molecule has 2 nitrogen and oxygen atoms in total. The molecular formula is C44H54O2. The van der Waals surface area contributed by atoms with E-state index < -0.39 is 0 Å². The van der Waals surface area contributed by atoms with Gasteiger partial charge in [0.15, 0.2) is 0 Å². The molecule has 2 N–H and O–H groups in total. The summed E-state index contributed by atoms with van der Waals surface area (Å²) in [5, 5.41) is 21.8. The minimum Gasteiger partial charge on any atom is -0.508 e. The summed E-state index contributed by atoms with van der Waals surface area (Å²) in [6.07, 6.45) is 12.4. The van der Waals surface area contributed by atoms with Crippen molar-refractivity contribution >= 4 is 0 Å². The molecule has 0 aromatic heterocycles. The SMILES string of the molecule is Cc1cc(O)c(C2CCCCC2)cc1C(C)(C)c1ccc(-c2ccc(C(C)(C)c3cc(C4CCCCC4)c(O)cc3C)cc2)cc1. The predicted molar refractivity (Wildman–Crippen MR) is 193 cm³/mol. The molecule has 242 valence electrons. The molecule has 0 amide bonds. The number of phenolic OH excluding ortho intramolecular Hbond substituents is 2. The van der Waals surface area contributed by atoms with Crippen LogP contribution in [0.2, 0.25) is 0 Å². The summed E-state index contributed by atoms with van der Waals surface area (Å²) in [6, 6.07) is 26.8. The van der Waals surface area contributed by atoms with Crippen LogP contribution in [0.15, 0.2) is 72.8 Å². The van der Waals surface area contributed by atoms with E-state index in [0.717, 1.165) is 22.3 Å². The third kappa shape index (κ3) is 6.25. The lowest BCUT2D eigenvalue weighted by atomic mass is 9.73. The predicted octanol–water partition coefficient (Wildman–Crippen LogP) is 12.1. The van der Waals surface area contributed by atoms with Crippen LogP contribution in [0.4, 0.5) is 0 Å².